The average Bonchev–Trinajstić information content (AvgIpc) is 2.57. The van der Waals surface area contributed by atoms with Crippen molar-refractivity contribution in [3.63, 3.8) is 0 Å². The van der Waals surface area contributed by atoms with Crippen LogP contribution in [0.4, 0.5) is 0 Å². The minimum absolute atomic E-state index is 0.399. The topological polar surface area (TPSA) is 17.1 Å². The van der Waals surface area contributed by atoms with Crippen molar-refractivity contribution in [2.45, 2.75) is 30.3 Å². The van der Waals surface area contributed by atoms with Crippen LogP contribution in [0.3, 0.4) is 0 Å². The fourth-order valence-electron chi connectivity index (χ4n) is 1.91. The van der Waals surface area contributed by atoms with E-state index in [-0.39, 0.29) is 0 Å². The third-order valence-electron chi connectivity index (χ3n) is 2.58. The molecule has 2 rings (SSSR count). The van der Waals surface area contributed by atoms with Crippen molar-refractivity contribution in [1.82, 2.24) is 0 Å². The number of rotatable bonds is 1. The van der Waals surface area contributed by atoms with Crippen molar-refractivity contribution in [3.8, 4) is 0 Å². The third kappa shape index (κ3) is 1.82. The first-order valence-electron chi connectivity index (χ1n) is 4.64. The maximum Gasteiger partial charge on any atom is 0.137 e. The third-order valence-corrected chi connectivity index (χ3v) is 5.85. The predicted octanol–water partition coefficient (Wildman–Crippen LogP) is 2.55. The Hall–Kier alpha value is 0.370. The smallest absolute Gasteiger partial charge is 0.137 e. The van der Waals surface area contributed by atoms with Gasteiger partial charge in [0.1, 0.15) is 5.78 Å². The highest BCUT2D eigenvalue weighted by Gasteiger charge is 2.32. The predicted molar refractivity (Wildman–Crippen MR) is 55.7 cm³/mol. The number of hydrogen-bond donors (Lipinski definition) is 0. The first-order chi connectivity index (χ1) is 5.88. The zero-order chi connectivity index (χ0) is 8.39. The Bertz CT molecular complexity index is 175. The summed E-state index contributed by atoms with van der Waals surface area (Å²) in [5.41, 5.74) is 0. The molecule has 2 aliphatic rings. The Kier molecular flexibility index (Phi) is 3.02. The van der Waals surface area contributed by atoms with Gasteiger partial charge in [-0.25, -0.2) is 0 Å². The summed E-state index contributed by atoms with van der Waals surface area (Å²) in [5.74, 6) is 3.43. The molecule has 1 unspecified atom stereocenters. The van der Waals surface area contributed by atoms with E-state index in [0.29, 0.717) is 16.3 Å². The molecule has 1 heterocycles. The highest BCUT2D eigenvalue weighted by Crippen LogP contribution is 2.41. The van der Waals surface area contributed by atoms with Crippen LogP contribution in [0.15, 0.2) is 0 Å². The first-order valence-corrected chi connectivity index (χ1v) is 6.73. The molecule has 0 amide bonds. The molecule has 1 nitrogen and oxygen atoms in total. The summed E-state index contributed by atoms with van der Waals surface area (Å²) in [6.07, 6.45) is 4.41. The Morgan fingerprint density at radius 2 is 1.92 bits per heavy atom. The Labute approximate surface area is 82.1 Å². The van der Waals surface area contributed by atoms with Gasteiger partial charge in [0.25, 0.3) is 0 Å². The second kappa shape index (κ2) is 4.05. The summed E-state index contributed by atoms with van der Waals surface area (Å²) in [4.78, 5) is 11.6. The number of carbonyl (C=O) groups excluding carboxylic acids is 1. The van der Waals surface area contributed by atoms with Crippen LogP contribution >= 0.6 is 23.5 Å². The van der Waals surface area contributed by atoms with E-state index in [4.69, 9.17) is 0 Å². The van der Waals surface area contributed by atoms with Crippen LogP contribution in [-0.2, 0) is 4.79 Å². The Balaban J connectivity index is 1.95. The number of carbonyl (C=O) groups is 1. The molecule has 12 heavy (non-hydrogen) atoms. The van der Waals surface area contributed by atoms with E-state index in [2.05, 4.69) is 0 Å². The number of thioether (sulfide) groups is 2. The lowest BCUT2D eigenvalue weighted by molar-refractivity contribution is -0.123. The van der Waals surface area contributed by atoms with E-state index in [9.17, 15) is 4.79 Å². The Morgan fingerprint density at radius 3 is 2.58 bits per heavy atom. The SMILES string of the molecule is O=C1CCCCC1C1SCCS1. The summed E-state index contributed by atoms with van der Waals surface area (Å²) in [6.45, 7) is 0. The molecule has 1 atom stereocenters. The largest absolute Gasteiger partial charge is 0.299 e. The van der Waals surface area contributed by atoms with E-state index in [1.165, 1.54) is 17.9 Å². The highest BCUT2D eigenvalue weighted by atomic mass is 32.2. The molecule has 1 saturated heterocycles. The quantitative estimate of drug-likeness (QED) is 0.650. The molecular formula is C9H14OS2. The molecule has 0 radical (unpaired) electrons. The van der Waals surface area contributed by atoms with Crippen molar-refractivity contribution in [1.29, 1.82) is 0 Å². The summed E-state index contributed by atoms with van der Waals surface area (Å²) in [7, 11) is 0. The van der Waals surface area contributed by atoms with Crippen LogP contribution in [0.25, 0.3) is 0 Å². The molecule has 0 spiro atoms. The highest BCUT2D eigenvalue weighted by molar-refractivity contribution is 8.20. The second-order valence-electron chi connectivity index (χ2n) is 3.43. The van der Waals surface area contributed by atoms with Crippen LogP contribution in [0.2, 0.25) is 0 Å². The van der Waals surface area contributed by atoms with E-state index >= 15 is 0 Å². The van der Waals surface area contributed by atoms with Crippen LogP contribution in [0.1, 0.15) is 25.7 Å². The maximum atomic E-state index is 11.6. The zero-order valence-electron chi connectivity index (χ0n) is 7.12. The molecule has 0 N–H and O–H groups in total. The van der Waals surface area contributed by atoms with Crippen LogP contribution in [0.5, 0.6) is 0 Å². The number of hydrogen-bond acceptors (Lipinski definition) is 3. The Morgan fingerprint density at radius 1 is 1.17 bits per heavy atom. The zero-order valence-corrected chi connectivity index (χ0v) is 8.76. The molecule has 0 aromatic rings. The minimum atomic E-state index is 0.399. The molecule has 68 valence electrons. The van der Waals surface area contributed by atoms with Crippen molar-refractivity contribution in [2.24, 2.45) is 5.92 Å². The standard InChI is InChI=1S/C9H14OS2/c10-8-4-2-1-3-7(8)9-11-5-6-12-9/h7,9H,1-6H2. The molecule has 1 aliphatic heterocycles. The van der Waals surface area contributed by atoms with E-state index < -0.39 is 0 Å². The molecule has 0 aromatic heterocycles. The van der Waals surface area contributed by atoms with Gasteiger partial charge in [0.05, 0.1) is 4.58 Å². The molecular weight excluding hydrogens is 188 g/mol. The molecule has 0 aromatic carbocycles. The number of ketones is 1. The van der Waals surface area contributed by atoms with Gasteiger partial charge >= 0.3 is 0 Å². The normalized spacial score (nSPS) is 32.7. The molecule has 1 aliphatic carbocycles. The van der Waals surface area contributed by atoms with Crippen LogP contribution in [0, 0.1) is 5.92 Å². The maximum absolute atomic E-state index is 11.6. The monoisotopic (exact) mass is 202 g/mol. The van der Waals surface area contributed by atoms with E-state index in [0.717, 1.165) is 19.3 Å². The number of Topliss-reactive ketones (excluding diaryl/α,β-unsaturated/α-hetero) is 1. The molecule has 0 bridgehead atoms. The molecule has 1 saturated carbocycles. The van der Waals surface area contributed by atoms with Gasteiger partial charge in [0, 0.05) is 23.8 Å². The van der Waals surface area contributed by atoms with E-state index in [1.54, 1.807) is 0 Å². The second-order valence-corrected chi connectivity index (χ2v) is 6.23. The van der Waals surface area contributed by atoms with Gasteiger partial charge in [0.15, 0.2) is 0 Å². The van der Waals surface area contributed by atoms with Crippen LogP contribution in [-0.4, -0.2) is 21.9 Å². The van der Waals surface area contributed by atoms with Crippen molar-refractivity contribution < 1.29 is 4.79 Å². The first kappa shape index (κ1) is 8.95. The lowest BCUT2D eigenvalue weighted by Crippen LogP contribution is -2.25. The van der Waals surface area contributed by atoms with Gasteiger partial charge in [-0.3, -0.25) is 4.79 Å². The molecule has 2 fully saturated rings. The molecule has 3 heteroatoms. The lowest BCUT2D eigenvalue weighted by Gasteiger charge is -2.24. The summed E-state index contributed by atoms with van der Waals surface area (Å²) in [6, 6.07) is 0. The van der Waals surface area contributed by atoms with Crippen molar-refractivity contribution >= 4 is 29.3 Å². The van der Waals surface area contributed by atoms with Gasteiger partial charge in [-0.05, 0) is 12.8 Å². The van der Waals surface area contributed by atoms with E-state index in [1.807, 2.05) is 23.5 Å². The minimum Gasteiger partial charge on any atom is -0.299 e. The van der Waals surface area contributed by atoms with Gasteiger partial charge in [0.2, 0.25) is 0 Å². The van der Waals surface area contributed by atoms with Gasteiger partial charge in [-0.1, -0.05) is 6.42 Å². The summed E-state index contributed by atoms with van der Waals surface area (Å²) >= 11 is 3.99. The van der Waals surface area contributed by atoms with Gasteiger partial charge in [-0.2, -0.15) is 0 Å². The fraction of sp³-hybridized carbons (Fsp3) is 0.889. The average molecular weight is 202 g/mol. The lowest BCUT2D eigenvalue weighted by atomic mass is 9.89. The van der Waals surface area contributed by atoms with Crippen LogP contribution < -0.4 is 0 Å². The van der Waals surface area contributed by atoms with Crippen molar-refractivity contribution in [2.75, 3.05) is 11.5 Å². The fourth-order valence-corrected chi connectivity index (χ4v) is 5.14. The van der Waals surface area contributed by atoms with Gasteiger partial charge < -0.3 is 0 Å². The summed E-state index contributed by atoms with van der Waals surface area (Å²) in [5, 5.41) is 0. The van der Waals surface area contributed by atoms with Crippen molar-refractivity contribution in [3.05, 3.63) is 0 Å². The summed E-state index contributed by atoms with van der Waals surface area (Å²) < 4.78 is 0.609. The van der Waals surface area contributed by atoms with Gasteiger partial charge in [-0.15, -0.1) is 23.5 Å².